The molecule has 0 N–H and O–H groups in total. The minimum absolute atomic E-state index is 0.0833. The van der Waals surface area contributed by atoms with Crippen LogP contribution in [0.25, 0.3) is 11.3 Å². The van der Waals surface area contributed by atoms with Crippen LogP contribution in [0.4, 0.5) is 0 Å². The molecule has 0 atom stereocenters. The lowest BCUT2D eigenvalue weighted by Gasteiger charge is -2.10. The van der Waals surface area contributed by atoms with E-state index in [1.165, 1.54) is 21.4 Å². The summed E-state index contributed by atoms with van der Waals surface area (Å²) in [5.41, 5.74) is 6.46. The zero-order valence-corrected chi connectivity index (χ0v) is 13.7. The Morgan fingerprint density at radius 3 is 2.43 bits per heavy atom. The standard InChI is InChI=1S/C20H20N2O/c1-14-5-4-6-17(12-14)13-22-20(23)10-9-19(21-22)18-8-7-15(2)11-16(18)3/h4-12H,13H2,1-3H3. The topological polar surface area (TPSA) is 34.9 Å². The summed E-state index contributed by atoms with van der Waals surface area (Å²) < 4.78 is 1.53. The molecule has 2 aromatic carbocycles. The zero-order chi connectivity index (χ0) is 16.4. The summed E-state index contributed by atoms with van der Waals surface area (Å²) in [5, 5.41) is 4.56. The van der Waals surface area contributed by atoms with Crippen molar-refractivity contribution in [1.29, 1.82) is 0 Å². The summed E-state index contributed by atoms with van der Waals surface area (Å²) in [5.74, 6) is 0. The van der Waals surface area contributed by atoms with Crippen LogP contribution in [0.5, 0.6) is 0 Å². The van der Waals surface area contributed by atoms with Crippen molar-refractivity contribution in [2.45, 2.75) is 27.3 Å². The maximum atomic E-state index is 12.1. The van der Waals surface area contributed by atoms with Crippen LogP contribution in [0.15, 0.2) is 59.4 Å². The zero-order valence-electron chi connectivity index (χ0n) is 13.7. The molecular weight excluding hydrogens is 284 g/mol. The second-order valence-electron chi connectivity index (χ2n) is 6.02. The molecule has 0 unspecified atom stereocenters. The molecule has 0 bridgehead atoms. The van der Waals surface area contributed by atoms with E-state index in [-0.39, 0.29) is 5.56 Å². The molecule has 3 nitrogen and oxygen atoms in total. The predicted molar refractivity (Wildman–Crippen MR) is 93.7 cm³/mol. The Kier molecular flexibility index (Phi) is 4.11. The van der Waals surface area contributed by atoms with Gasteiger partial charge in [0, 0.05) is 11.6 Å². The van der Waals surface area contributed by atoms with Crippen LogP contribution in [0.3, 0.4) is 0 Å². The first-order valence-corrected chi connectivity index (χ1v) is 7.74. The van der Waals surface area contributed by atoms with Gasteiger partial charge >= 0.3 is 0 Å². The molecule has 0 saturated carbocycles. The Morgan fingerprint density at radius 2 is 1.70 bits per heavy atom. The molecule has 116 valence electrons. The molecule has 23 heavy (non-hydrogen) atoms. The highest BCUT2D eigenvalue weighted by Crippen LogP contribution is 2.21. The number of benzene rings is 2. The number of nitrogens with zero attached hydrogens (tertiary/aromatic N) is 2. The maximum Gasteiger partial charge on any atom is 0.267 e. The molecule has 1 heterocycles. The molecule has 0 spiro atoms. The lowest BCUT2D eigenvalue weighted by atomic mass is 10.0. The van der Waals surface area contributed by atoms with E-state index in [4.69, 9.17) is 0 Å². The van der Waals surface area contributed by atoms with Crippen LogP contribution < -0.4 is 5.56 Å². The van der Waals surface area contributed by atoms with Crippen molar-refractivity contribution in [3.8, 4) is 11.3 Å². The van der Waals surface area contributed by atoms with Crippen LogP contribution in [-0.2, 0) is 6.54 Å². The van der Waals surface area contributed by atoms with E-state index in [1.807, 2.05) is 25.1 Å². The van der Waals surface area contributed by atoms with E-state index in [0.29, 0.717) is 6.54 Å². The lowest BCUT2D eigenvalue weighted by molar-refractivity contribution is 0.642. The van der Waals surface area contributed by atoms with Crippen molar-refractivity contribution in [3.05, 3.63) is 87.2 Å². The first-order chi connectivity index (χ1) is 11.0. The molecule has 3 aromatic rings. The average Bonchev–Trinajstić information content (AvgIpc) is 2.50. The van der Waals surface area contributed by atoms with Gasteiger partial charge in [0.2, 0.25) is 0 Å². The van der Waals surface area contributed by atoms with Gasteiger partial charge in [-0.25, -0.2) is 4.68 Å². The second-order valence-corrected chi connectivity index (χ2v) is 6.02. The molecule has 0 aliphatic rings. The minimum Gasteiger partial charge on any atom is -0.268 e. The van der Waals surface area contributed by atoms with Crippen LogP contribution in [0, 0.1) is 20.8 Å². The van der Waals surface area contributed by atoms with Crippen molar-refractivity contribution >= 4 is 0 Å². The Hall–Kier alpha value is -2.68. The number of aryl methyl sites for hydroxylation is 3. The largest absolute Gasteiger partial charge is 0.268 e. The third-order valence-corrected chi connectivity index (χ3v) is 3.94. The fourth-order valence-corrected chi connectivity index (χ4v) is 2.79. The molecule has 0 amide bonds. The Morgan fingerprint density at radius 1 is 0.913 bits per heavy atom. The van der Waals surface area contributed by atoms with Crippen LogP contribution in [-0.4, -0.2) is 9.78 Å². The summed E-state index contributed by atoms with van der Waals surface area (Å²) in [7, 11) is 0. The third-order valence-electron chi connectivity index (χ3n) is 3.94. The van der Waals surface area contributed by atoms with Crippen LogP contribution in [0.2, 0.25) is 0 Å². The predicted octanol–water partition coefficient (Wildman–Crippen LogP) is 3.88. The molecular formula is C20H20N2O. The number of aromatic nitrogens is 2. The average molecular weight is 304 g/mol. The van der Waals surface area contributed by atoms with Crippen LogP contribution >= 0.6 is 0 Å². The van der Waals surface area contributed by atoms with Gasteiger partial charge in [-0.2, -0.15) is 5.10 Å². The molecule has 3 heteroatoms. The van der Waals surface area contributed by atoms with E-state index in [1.54, 1.807) is 12.1 Å². The molecule has 0 saturated heterocycles. The number of hydrogen-bond donors (Lipinski definition) is 0. The monoisotopic (exact) mass is 304 g/mol. The molecule has 0 aliphatic carbocycles. The van der Waals surface area contributed by atoms with E-state index >= 15 is 0 Å². The van der Waals surface area contributed by atoms with Gasteiger partial charge in [0.05, 0.1) is 12.2 Å². The van der Waals surface area contributed by atoms with Crippen molar-refractivity contribution in [2.24, 2.45) is 0 Å². The quantitative estimate of drug-likeness (QED) is 0.736. The van der Waals surface area contributed by atoms with Gasteiger partial charge in [-0.1, -0.05) is 53.6 Å². The summed E-state index contributed by atoms with van der Waals surface area (Å²) in [4.78, 5) is 12.1. The van der Waals surface area contributed by atoms with Crippen molar-refractivity contribution in [2.75, 3.05) is 0 Å². The fourth-order valence-electron chi connectivity index (χ4n) is 2.79. The van der Waals surface area contributed by atoms with Gasteiger partial charge in [0.15, 0.2) is 0 Å². The molecule has 0 radical (unpaired) electrons. The summed E-state index contributed by atoms with van der Waals surface area (Å²) in [6.45, 7) is 6.67. The number of rotatable bonds is 3. The SMILES string of the molecule is Cc1cccc(Cn2nc(-c3ccc(C)cc3C)ccc2=O)c1. The molecule has 3 rings (SSSR count). The Bertz CT molecular complexity index is 910. The smallest absolute Gasteiger partial charge is 0.267 e. The van der Waals surface area contributed by atoms with Crippen LogP contribution in [0.1, 0.15) is 22.3 Å². The Labute approximate surface area is 136 Å². The molecule has 0 aliphatic heterocycles. The van der Waals surface area contributed by atoms with Gasteiger partial charge in [-0.3, -0.25) is 4.79 Å². The van der Waals surface area contributed by atoms with Gasteiger partial charge in [-0.15, -0.1) is 0 Å². The third kappa shape index (κ3) is 3.39. The highest BCUT2D eigenvalue weighted by molar-refractivity contribution is 5.63. The summed E-state index contributed by atoms with van der Waals surface area (Å²) in [6.07, 6.45) is 0. The van der Waals surface area contributed by atoms with Gasteiger partial charge < -0.3 is 0 Å². The van der Waals surface area contributed by atoms with E-state index in [2.05, 4.69) is 43.2 Å². The highest BCUT2D eigenvalue weighted by Gasteiger charge is 2.07. The normalized spacial score (nSPS) is 10.7. The van der Waals surface area contributed by atoms with E-state index in [9.17, 15) is 4.79 Å². The Balaban J connectivity index is 2.01. The minimum atomic E-state index is -0.0833. The first kappa shape index (κ1) is 15.2. The van der Waals surface area contributed by atoms with E-state index < -0.39 is 0 Å². The van der Waals surface area contributed by atoms with Gasteiger partial charge in [0.1, 0.15) is 0 Å². The maximum absolute atomic E-state index is 12.1. The van der Waals surface area contributed by atoms with Crippen molar-refractivity contribution in [1.82, 2.24) is 9.78 Å². The van der Waals surface area contributed by atoms with E-state index in [0.717, 1.165) is 16.8 Å². The number of hydrogen-bond acceptors (Lipinski definition) is 2. The van der Waals surface area contributed by atoms with Crippen molar-refractivity contribution < 1.29 is 0 Å². The summed E-state index contributed by atoms with van der Waals surface area (Å²) in [6, 6.07) is 17.8. The van der Waals surface area contributed by atoms with Gasteiger partial charge in [-0.05, 0) is 38.0 Å². The summed E-state index contributed by atoms with van der Waals surface area (Å²) >= 11 is 0. The molecule has 0 fully saturated rings. The fraction of sp³-hybridized carbons (Fsp3) is 0.200. The lowest BCUT2D eigenvalue weighted by Crippen LogP contribution is -2.22. The first-order valence-electron chi connectivity index (χ1n) is 7.74. The van der Waals surface area contributed by atoms with Gasteiger partial charge in [0.25, 0.3) is 5.56 Å². The second kappa shape index (κ2) is 6.21. The van der Waals surface area contributed by atoms with Crippen molar-refractivity contribution in [3.63, 3.8) is 0 Å². The highest BCUT2D eigenvalue weighted by atomic mass is 16.1. The molecule has 1 aromatic heterocycles.